The molecule has 2 aromatic carbocycles. The molecule has 2 aromatic heterocycles. The van der Waals surface area contributed by atoms with Crippen LogP contribution >= 0.6 is 0 Å². The van der Waals surface area contributed by atoms with E-state index in [0.717, 1.165) is 59.3 Å². The Kier molecular flexibility index (Phi) is 7.99. The van der Waals surface area contributed by atoms with E-state index in [2.05, 4.69) is 82.2 Å². The third-order valence-electron chi connectivity index (χ3n) is 7.10. The van der Waals surface area contributed by atoms with Gasteiger partial charge >= 0.3 is 0 Å². The van der Waals surface area contributed by atoms with Gasteiger partial charge in [-0.1, -0.05) is 24.3 Å². The molecule has 9 nitrogen and oxygen atoms in total. The summed E-state index contributed by atoms with van der Waals surface area (Å²) < 4.78 is 14.0. The summed E-state index contributed by atoms with van der Waals surface area (Å²) in [7, 11) is 7.93. The van der Waals surface area contributed by atoms with Gasteiger partial charge < -0.3 is 34.9 Å². The number of hydrogen-bond acceptors (Lipinski definition) is 8. The van der Waals surface area contributed by atoms with Crippen molar-refractivity contribution in [2.45, 2.75) is 19.6 Å². The Balaban J connectivity index is 1.52. The van der Waals surface area contributed by atoms with Crippen LogP contribution in [0.5, 0.6) is 5.75 Å². The van der Waals surface area contributed by atoms with E-state index in [4.69, 9.17) is 20.2 Å². The number of nitrogens with one attached hydrogen (secondary N) is 1. The fraction of sp³-hybridized carbons (Fsp3) is 0.333. The standard InChI is InChI=1S/C30H37N7O2/c1-35(2)14-15-36(3)26-19-28(38-4)24(18-21(26)8-7-12-31)34-30-32-13-11-23(33-30)29-22-9-5-6-10-25(22)37-16-17-39-20-27(29)37/h5-7,9-13,18-19H,8,14-17,20,31H2,1-4H3,(H,32,33,34). The highest BCUT2D eigenvalue weighted by atomic mass is 16.5. The lowest BCUT2D eigenvalue weighted by molar-refractivity contribution is 0.0869. The van der Waals surface area contributed by atoms with Crippen molar-refractivity contribution in [1.82, 2.24) is 19.4 Å². The van der Waals surface area contributed by atoms with Crippen LogP contribution in [0.2, 0.25) is 0 Å². The third-order valence-corrected chi connectivity index (χ3v) is 7.10. The van der Waals surface area contributed by atoms with Gasteiger partial charge in [-0.25, -0.2) is 9.97 Å². The molecule has 0 radical (unpaired) electrons. The molecular weight excluding hydrogens is 490 g/mol. The van der Waals surface area contributed by atoms with Gasteiger partial charge in [0.15, 0.2) is 0 Å². The summed E-state index contributed by atoms with van der Waals surface area (Å²) >= 11 is 0. The molecule has 0 saturated heterocycles. The topological polar surface area (TPSA) is 93.7 Å². The van der Waals surface area contributed by atoms with Crippen LogP contribution in [0.1, 0.15) is 11.3 Å². The predicted molar refractivity (Wildman–Crippen MR) is 158 cm³/mol. The Hall–Kier alpha value is -4.08. The van der Waals surface area contributed by atoms with E-state index in [1.807, 2.05) is 12.1 Å². The molecule has 9 heteroatoms. The van der Waals surface area contributed by atoms with Crippen LogP contribution in [0.25, 0.3) is 22.2 Å². The number of hydrogen-bond donors (Lipinski definition) is 2. The maximum atomic E-state index is 5.83. The van der Waals surface area contributed by atoms with Gasteiger partial charge in [-0.15, -0.1) is 0 Å². The third kappa shape index (κ3) is 5.55. The number of nitrogens with zero attached hydrogens (tertiary/aromatic N) is 5. The van der Waals surface area contributed by atoms with Gasteiger partial charge in [0.05, 0.1) is 37.4 Å². The molecule has 39 heavy (non-hydrogen) atoms. The second-order valence-corrected chi connectivity index (χ2v) is 9.97. The summed E-state index contributed by atoms with van der Waals surface area (Å²) in [5.74, 6) is 1.22. The second-order valence-electron chi connectivity index (χ2n) is 9.97. The smallest absolute Gasteiger partial charge is 0.227 e. The summed E-state index contributed by atoms with van der Waals surface area (Å²) in [6.07, 6.45) is 6.03. The van der Waals surface area contributed by atoms with Crippen molar-refractivity contribution >= 4 is 28.2 Å². The minimum Gasteiger partial charge on any atom is -0.494 e. The number of benzene rings is 2. The average molecular weight is 528 g/mol. The first-order valence-electron chi connectivity index (χ1n) is 13.2. The largest absolute Gasteiger partial charge is 0.494 e. The molecule has 1 aliphatic heterocycles. The van der Waals surface area contributed by atoms with Crippen LogP contribution in [-0.4, -0.2) is 67.4 Å². The summed E-state index contributed by atoms with van der Waals surface area (Å²) in [5, 5.41) is 4.59. The number of fused-ring (bicyclic) bond motifs is 3. The lowest BCUT2D eigenvalue weighted by atomic mass is 10.1. The van der Waals surface area contributed by atoms with Crippen LogP contribution in [0.15, 0.2) is 60.9 Å². The van der Waals surface area contributed by atoms with E-state index in [0.29, 0.717) is 25.6 Å². The molecule has 5 rings (SSSR count). The van der Waals surface area contributed by atoms with Gasteiger partial charge in [0, 0.05) is 61.1 Å². The highest BCUT2D eigenvalue weighted by Gasteiger charge is 2.22. The van der Waals surface area contributed by atoms with Crippen LogP contribution in [-0.2, 0) is 24.3 Å². The number of rotatable bonds is 10. The number of anilines is 3. The molecule has 204 valence electrons. The van der Waals surface area contributed by atoms with E-state index in [-0.39, 0.29) is 0 Å². The molecule has 4 aromatic rings. The summed E-state index contributed by atoms with van der Waals surface area (Å²) in [6.45, 7) is 3.93. The lowest BCUT2D eigenvalue weighted by Crippen LogP contribution is -2.29. The number of nitrogens with two attached hydrogens (primary N) is 1. The van der Waals surface area contributed by atoms with E-state index >= 15 is 0 Å². The van der Waals surface area contributed by atoms with Gasteiger partial charge in [-0.3, -0.25) is 0 Å². The molecule has 0 unspecified atom stereocenters. The Morgan fingerprint density at radius 1 is 1.15 bits per heavy atom. The molecule has 0 saturated carbocycles. The molecule has 3 N–H and O–H groups in total. The highest BCUT2D eigenvalue weighted by molar-refractivity contribution is 5.97. The molecule has 0 amide bonds. The van der Waals surface area contributed by atoms with Crippen molar-refractivity contribution in [2.75, 3.05) is 58.2 Å². The lowest BCUT2D eigenvalue weighted by Gasteiger charge is -2.25. The number of methoxy groups -OCH3 is 1. The molecule has 3 heterocycles. The molecule has 0 aliphatic carbocycles. The number of likely N-dealkylation sites (N-methyl/N-ethyl adjacent to an activating group) is 2. The molecule has 1 aliphatic rings. The van der Waals surface area contributed by atoms with Crippen molar-refractivity contribution in [1.29, 1.82) is 0 Å². The van der Waals surface area contributed by atoms with Crippen molar-refractivity contribution in [3.8, 4) is 17.0 Å². The van der Waals surface area contributed by atoms with Crippen LogP contribution in [0.4, 0.5) is 17.3 Å². The first kappa shape index (κ1) is 26.5. The van der Waals surface area contributed by atoms with Gasteiger partial charge in [-0.05, 0) is 50.5 Å². The average Bonchev–Trinajstić information content (AvgIpc) is 3.29. The van der Waals surface area contributed by atoms with Crippen molar-refractivity contribution in [2.24, 2.45) is 5.73 Å². The van der Waals surface area contributed by atoms with Crippen molar-refractivity contribution in [3.63, 3.8) is 0 Å². The highest BCUT2D eigenvalue weighted by Crippen LogP contribution is 2.38. The van der Waals surface area contributed by atoms with E-state index in [1.54, 1.807) is 19.5 Å². The maximum absolute atomic E-state index is 5.83. The zero-order valence-electron chi connectivity index (χ0n) is 23.1. The van der Waals surface area contributed by atoms with Gasteiger partial charge in [0.25, 0.3) is 0 Å². The van der Waals surface area contributed by atoms with Crippen LogP contribution in [0.3, 0.4) is 0 Å². The van der Waals surface area contributed by atoms with Gasteiger partial charge in [0.2, 0.25) is 5.95 Å². The molecule has 0 fully saturated rings. The number of allylic oxidation sites excluding steroid dienone is 1. The Morgan fingerprint density at radius 3 is 2.79 bits per heavy atom. The first-order valence-corrected chi connectivity index (χ1v) is 13.2. The minimum atomic E-state index is 0.501. The van der Waals surface area contributed by atoms with E-state index < -0.39 is 0 Å². The SMILES string of the molecule is COc1cc(N(C)CCN(C)C)c(CC=CN)cc1Nc1nccc(-c2c3n(c4ccccc24)CCOC3)n1. The maximum Gasteiger partial charge on any atom is 0.227 e. The fourth-order valence-electron chi connectivity index (χ4n) is 5.12. The minimum absolute atomic E-state index is 0.501. The van der Waals surface area contributed by atoms with Gasteiger partial charge in [-0.2, -0.15) is 0 Å². The Morgan fingerprint density at radius 2 is 2.00 bits per heavy atom. The first-order chi connectivity index (χ1) is 19.0. The van der Waals surface area contributed by atoms with Crippen molar-refractivity contribution in [3.05, 3.63) is 72.2 Å². The van der Waals surface area contributed by atoms with E-state index in [9.17, 15) is 0 Å². The fourth-order valence-corrected chi connectivity index (χ4v) is 5.12. The summed E-state index contributed by atoms with van der Waals surface area (Å²) in [5.41, 5.74) is 13.0. The Bertz CT molecular complexity index is 1480. The zero-order valence-corrected chi connectivity index (χ0v) is 23.1. The summed E-state index contributed by atoms with van der Waals surface area (Å²) in [6, 6.07) is 14.6. The molecule has 0 spiro atoms. The zero-order chi connectivity index (χ0) is 27.4. The number of aromatic nitrogens is 3. The molecule has 0 atom stereocenters. The van der Waals surface area contributed by atoms with Gasteiger partial charge in [0.1, 0.15) is 5.75 Å². The molecular formula is C30H37N7O2. The monoisotopic (exact) mass is 527 g/mol. The predicted octanol–water partition coefficient (Wildman–Crippen LogP) is 4.39. The van der Waals surface area contributed by atoms with E-state index in [1.165, 1.54) is 10.9 Å². The van der Waals surface area contributed by atoms with Crippen molar-refractivity contribution < 1.29 is 9.47 Å². The van der Waals surface area contributed by atoms with Crippen LogP contribution in [0, 0.1) is 0 Å². The number of para-hydroxylation sites is 1. The number of ether oxygens (including phenoxy) is 2. The normalized spacial score (nSPS) is 13.3. The second kappa shape index (κ2) is 11.8. The Labute approximate surface area is 229 Å². The molecule has 0 bridgehead atoms. The van der Waals surface area contributed by atoms with Crippen LogP contribution < -0.4 is 20.7 Å². The quantitative estimate of drug-likeness (QED) is 0.314. The summed E-state index contributed by atoms with van der Waals surface area (Å²) in [4.78, 5) is 13.9.